The Bertz CT molecular complexity index is 1060. The fraction of sp³-hybridized carbons (Fsp3) is 0.423. The lowest BCUT2D eigenvalue weighted by Crippen LogP contribution is -2.43. The zero-order valence-electron chi connectivity index (χ0n) is 19.4. The van der Waals surface area contributed by atoms with Gasteiger partial charge in [0.2, 0.25) is 17.6 Å². The fourth-order valence-electron chi connectivity index (χ4n) is 4.37. The maximum atomic E-state index is 12.7. The molecular formula is C26H32N4O3. The van der Waals surface area contributed by atoms with Crippen molar-refractivity contribution in [1.82, 2.24) is 20.4 Å². The van der Waals surface area contributed by atoms with E-state index in [1.165, 1.54) is 5.56 Å². The van der Waals surface area contributed by atoms with E-state index < -0.39 is 0 Å². The number of rotatable bonds is 9. The number of benzene rings is 2. The molecule has 3 aromatic rings. The normalized spacial score (nSPS) is 16.5. The zero-order chi connectivity index (χ0) is 23.0. The van der Waals surface area contributed by atoms with Crippen LogP contribution in [0.4, 0.5) is 0 Å². The van der Waals surface area contributed by atoms with Gasteiger partial charge in [0.1, 0.15) is 5.75 Å². The first-order valence-electron chi connectivity index (χ1n) is 11.6. The molecule has 2 heterocycles. The molecule has 7 nitrogen and oxygen atoms in total. The average molecular weight is 449 g/mol. The third kappa shape index (κ3) is 6.20. The van der Waals surface area contributed by atoms with Crippen LogP contribution < -0.4 is 10.1 Å². The minimum absolute atomic E-state index is 0.0100. The third-order valence-corrected chi connectivity index (χ3v) is 6.09. The predicted molar refractivity (Wildman–Crippen MR) is 127 cm³/mol. The number of carbonyl (C=O) groups is 1. The second-order valence-corrected chi connectivity index (χ2v) is 8.66. The molecule has 33 heavy (non-hydrogen) atoms. The van der Waals surface area contributed by atoms with Crippen molar-refractivity contribution in [3.63, 3.8) is 0 Å². The van der Waals surface area contributed by atoms with Crippen molar-refractivity contribution in [3.05, 3.63) is 65.5 Å². The van der Waals surface area contributed by atoms with E-state index in [4.69, 9.17) is 9.26 Å². The highest BCUT2D eigenvalue weighted by Gasteiger charge is 2.26. The Balaban J connectivity index is 1.24. The number of hydrogen-bond donors (Lipinski definition) is 1. The Morgan fingerprint density at radius 2 is 2.12 bits per heavy atom. The molecule has 0 aliphatic carbocycles. The summed E-state index contributed by atoms with van der Waals surface area (Å²) in [5.41, 5.74) is 3.28. The number of methoxy groups -OCH3 is 1. The van der Waals surface area contributed by atoms with Crippen molar-refractivity contribution >= 4 is 5.91 Å². The van der Waals surface area contributed by atoms with Gasteiger partial charge in [-0.3, -0.25) is 9.69 Å². The second kappa shape index (κ2) is 11.1. The molecule has 1 aliphatic rings. The molecule has 0 bridgehead atoms. The second-order valence-electron chi connectivity index (χ2n) is 8.66. The summed E-state index contributed by atoms with van der Waals surface area (Å²) in [6, 6.07) is 16.1. The van der Waals surface area contributed by atoms with E-state index in [9.17, 15) is 4.79 Å². The maximum Gasteiger partial charge on any atom is 0.241 e. The Morgan fingerprint density at radius 3 is 2.97 bits per heavy atom. The lowest BCUT2D eigenvalue weighted by Gasteiger charge is -2.30. The molecule has 1 saturated heterocycles. The van der Waals surface area contributed by atoms with Crippen LogP contribution in [0.25, 0.3) is 11.4 Å². The van der Waals surface area contributed by atoms with Crippen LogP contribution >= 0.6 is 0 Å². The van der Waals surface area contributed by atoms with Gasteiger partial charge in [-0.25, -0.2) is 0 Å². The third-order valence-electron chi connectivity index (χ3n) is 6.09. The van der Waals surface area contributed by atoms with E-state index in [0.29, 0.717) is 31.3 Å². The van der Waals surface area contributed by atoms with Gasteiger partial charge in [0.25, 0.3) is 0 Å². The Hall–Kier alpha value is -3.19. The molecule has 0 radical (unpaired) electrons. The Labute approximate surface area is 195 Å². The summed E-state index contributed by atoms with van der Waals surface area (Å²) < 4.78 is 10.9. The summed E-state index contributed by atoms with van der Waals surface area (Å²) in [6.45, 7) is 4.91. The van der Waals surface area contributed by atoms with Gasteiger partial charge < -0.3 is 14.6 Å². The summed E-state index contributed by atoms with van der Waals surface area (Å²) in [6.07, 6.45) is 3.65. The maximum absolute atomic E-state index is 12.7. The summed E-state index contributed by atoms with van der Waals surface area (Å²) in [5, 5.41) is 7.25. The minimum Gasteiger partial charge on any atom is -0.496 e. The highest BCUT2D eigenvalue weighted by atomic mass is 16.5. The summed E-state index contributed by atoms with van der Waals surface area (Å²) in [4.78, 5) is 19.5. The first-order valence-corrected chi connectivity index (χ1v) is 11.6. The molecule has 4 rings (SSSR count). The number of nitrogens with one attached hydrogen (secondary N) is 1. The summed E-state index contributed by atoms with van der Waals surface area (Å²) in [7, 11) is 1.69. The number of carbonyl (C=O) groups excluding carboxylic acids is 1. The zero-order valence-corrected chi connectivity index (χ0v) is 19.4. The molecule has 1 fully saturated rings. The first kappa shape index (κ1) is 23.0. The number of ether oxygens (including phenoxy) is 1. The van der Waals surface area contributed by atoms with Gasteiger partial charge in [-0.1, -0.05) is 47.1 Å². The monoisotopic (exact) mass is 448 g/mol. The molecule has 1 atom stereocenters. The van der Waals surface area contributed by atoms with Crippen LogP contribution in [-0.4, -0.2) is 47.7 Å². The van der Waals surface area contributed by atoms with Gasteiger partial charge in [-0.05, 0) is 56.8 Å². The number of aromatic nitrogens is 2. The van der Waals surface area contributed by atoms with Crippen molar-refractivity contribution in [1.29, 1.82) is 0 Å². The van der Waals surface area contributed by atoms with E-state index >= 15 is 0 Å². The first-order chi connectivity index (χ1) is 16.1. The van der Waals surface area contributed by atoms with Crippen LogP contribution in [-0.2, 0) is 17.8 Å². The number of amides is 1. The van der Waals surface area contributed by atoms with Crippen molar-refractivity contribution in [3.8, 4) is 17.1 Å². The van der Waals surface area contributed by atoms with Gasteiger partial charge in [0.15, 0.2) is 0 Å². The smallest absolute Gasteiger partial charge is 0.241 e. The van der Waals surface area contributed by atoms with Crippen molar-refractivity contribution in [2.45, 2.75) is 39.2 Å². The summed E-state index contributed by atoms with van der Waals surface area (Å²) in [5.74, 6) is 2.22. The number of likely N-dealkylation sites (tertiary alicyclic amines) is 1. The molecule has 1 aliphatic heterocycles. The van der Waals surface area contributed by atoms with Crippen LogP contribution in [0.2, 0.25) is 0 Å². The van der Waals surface area contributed by atoms with E-state index in [1.54, 1.807) is 7.11 Å². The molecule has 1 amide bonds. The van der Waals surface area contributed by atoms with Gasteiger partial charge >= 0.3 is 0 Å². The number of nitrogens with zero attached hydrogens (tertiary/aromatic N) is 3. The molecule has 1 unspecified atom stereocenters. The standard InChI is InChI=1S/C26H32N4O3/c1-19-8-5-10-21(16-19)25-28-24(33-29-25)18-30-15-7-12-22(17-30)26(31)27-14-6-11-20-9-3-4-13-23(20)32-2/h3-5,8-10,13,16,22H,6-7,11-12,14-15,17-18H2,1-2H3,(H,27,31). The number of para-hydroxylation sites is 1. The molecule has 2 aromatic carbocycles. The van der Waals surface area contributed by atoms with E-state index in [1.807, 2.05) is 49.4 Å². The van der Waals surface area contributed by atoms with Crippen LogP contribution in [0.1, 0.15) is 36.3 Å². The van der Waals surface area contributed by atoms with Gasteiger partial charge in [0, 0.05) is 18.7 Å². The molecule has 0 spiro atoms. The highest BCUT2D eigenvalue weighted by Crippen LogP contribution is 2.21. The van der Waals surface area contributed by atoms with Crippen LogP contribution in [0.5, 0.6) is 5.75 Å². The molecule has 7 heteroatoms. The SMILES string of the molecule is COc1ccccc1CCCNC(=O)C1CCCN(Cc2nc(-c3cccc(C)c3)no2)C1. The van der Waals surface area contributed by atoms with Crippen molar-refractivity contribution in [2.75, 3.05) is 26.7 Å². The Kier molecular flexibility index (Phi) is 7.73. The average Bonchev–Trinajstić information content (AvgIpc) is 3.30. The lowest BCUT2D eigenvalue weighted by molar-refractivity contribution is -0.126. The Morgan fingerprint density at radius 1 is 1.24 bits per heavy atom. The molecule has 1 aromatic heterocycles. The quantitative estimate of drug-likeness (QED) is 0.498. The van der Waals surface area contributed by atoms with E-state index in [0.717, 1.165) is 49.1 Å². The van der Waals surface area contributed by atoms with Crippen LogP contribution in [0, 0.1) is 12.8 Å². The number of aryl methyl sites for hydroxylation is 2. The predicted octanol–water partition coefficient (Wildman–Crippen LogP) is 4.01. The fourth-order valence-corrected chi connectivity index (χ4v) is 4.37. The number of hydrogen-bond acceptors (Lipinski definition) is 6. The van der Waals surface area contributed by atoms with Gasteiger partial charge in [-0.15, -0.1) is 0 Å². The van der Waals surface area contributed by atoms with E-state index in [2.05, 4.69) is 26.4 Å². The highest BCUT2D eigenvalue weighted by molar-refractivity contribution is 5.78. The van der Waals surface area contributed by atoms with Crippen molar-refractivity contribution in [2.24, 2.45) is 5.92 Å². The van der Waals surface area contributed by atoms with Crippen molar-refractivity contribution < 1.29 is 14.1 Å². The molecule has 174 valence electrons. The van der Waals surface area contributed by atoms with Crippen LogP contribution in [0.15, 0.2) is 53.1 Å². The lowest BCUT2D eigenvalue weighted by atomic mass is 9.97. The molecule has 1 N–H and O–H groups in total. The van der Waals surface area contributed by atoms with E-state index in [-0.39, 0.29) is 11.8 Å². The van der Waals surface area contributed by atoms with Crippen LogP contribution in [0.3, 0.4) is 0 Å². The number of piperidine rings is 1. The molecule has 0 saturated carbocycles. The van der Waals surface area contributed by atoms with Gasteiger partial charge in [-0.2, -0.15) is 4.98 Å². The van der Waals surface area contributed by atoms with Gasteiger partial charge in [0.05, 0.1) is 19.6 Å². The topological polar surface area (TPSA) is 80.5 Å². The minimum atomic E-state index is -0.0100. The summed E-state index contributed by atoms with van der Waals surface area (Å²) >= 11 is 0. The largest absolute Gasteiger partial charge is 0.496 e. The molecular weight excluding hydrogens is 416 g/mol.